The molecule has 0 unspecified atom stereocenters. The van der Waals surface area contributed by atoms with Crippen molar-refractivity contribution in [1.82, 2.24) is 14.7 Å². The minimum atomic E-state index is -0.318. The third kappa shape index (κ3) is 4.28. The van der Waals surface area contributed by atoms with E-state index in [1.165, 1.54) is 6.08 Å². The number of halogens is 1. The number of nitrogens with one attached hydrogen (secondary N) is 1. The highest BCUT2D eigenvalue weighted by Gasteiger charge is 2.22. The lowest BCUT2D eigenvalue weighted by Crippen LogP contribution is -2.28. The highest BCUT2D eigenvalue weighted by molar-refractivity contribution is 6.31. The summed E-state index contributed by atoms with van der Waals surface area (Å²) in [6.45, 7) is 1.47. The van der Waals surface area contributed by atoms with Gasteiger partial charge in [-0.1, -0.05) is 11.6 Å². The van der Waals surface area contributed by atoms with Crippen molar-refractivity contribution in [2.24, 2.45) is 7.05 Å². The van der Waals surface area contributed by atoms with E-state index in [0.29, 0.717) is 16.3 Å². The molecule has 1 aliphatic heterocycles. The third-order valence-corrected chi connectivity index (χ3v) is 4.25. The molecule has 3 rings (SSSR count). The molecule has 2 aromatic rings. The Hall–Kier alpha value is -2.60. The zero-order valence-electron chi connectivity index (χ0n) is 13.9. The molecule has 1 aliphatic rings. The van der Waals surface area contributed by atoms with E-state index in [-0.39, 0.29) is 11.8 Å². The van der Waals surface area contributed by atoms with E-state index in [2.05, 4.69) is 10.4 Å². The Labute approximate surface area is 151 Å². The van der Waals surface area contributed by atoms with E-state index in [9.17, 15) is 9.59 Å². The summed E-state index contributed by atoms with van der Waals surface area (Å²) in [5, 5.41) is 7.26. The smallest absolute Gasteiger partial charge is 0.256 e. The van der Waals surface area contributed by atoms with E-state index < -0.39 is 0 Å². The third-order valence-electron chi connectivity index (χ3n) is 4.02. The quantitative estimate of drug-likeness (QED) is 0.854. The zero-order chi connectivity index (χ0) is 17.8. The normalized spacial score (nSPS) is 14.2. The highest BCUT2D eigenvalue weighted by atomic mass is 35.5. The van der Waals surface area contributed by atoms with Crippen molar-refractivity contribution in [2.75, 3.05) is 18.4 Å². The summed E-state index contributed by atoms with van der Waals surface area (Å²) >= 11 is 6.04. The van der Waals surface area contributed by atoms with Crippen molar-refractivity contribution in [3.05, 3.63) is 52.8 Å². The number of carbonyl (C=O) groups excluding carboxylic acids is 2. The lowest BCUT2D eigenvalue weighted by Gasteiger charge is -2.18. The van der Waals surface area contributed by atoms with Gasteiger partial charge in [0.15, 0.2) is 0 Å². The first-order chi connectivity index (χ1) is 12.0. The molecule has 2 heterocycles. The lowest BCUT2D eigenvalue weighted by molar-refractivity contribution is -0.111. The molecule has 1 aromatic heterocycles. The van der Waals surface area contributed by atoms with Crippen LogP contribution in [0.5, 0.6) is 0 Å². The van der Waals surface area contributed by atoms with E-state index in [1.807, 2.05) is 0 Å². The Morgan fingerprint density at radius 2 is 2.04 bits per heavy atom. The Bertz CT molecular complexity index is 822. The van der Waals surface area contributed by atoms with Gasteiger partial charge in [0.25, 0.3) is 5.91 Å². The summed E-state index contributed by atoms with van der Waals surface area (Å²) in [6, 6.07) is 4.91. The van der Waals surface area contributed by atoms with Crippen molar-refractivity contribution < 1.29 is 9.59 Å². The molecular formula is C18H19ClN4O2. The number of nitrogens with zero attached hydrogens (tertiary/aromatic N) is 3. The van der Waals surface area contributed by atoms with Gasteiger partial charge in [0.05, 0.1) is 17.4 Å². The van der Waals surface area contributed by atoms with Crippen LogP contribution >= 0.6 is 11.6 Å². The maximum absolute atomic E-state index is 12.7. The molecule has 1 N–H and O–H groups in total. The van der Waals surface area contributed by atoms with E-state index in [4.69, 9.17) is 11.6 Å². The lowest BCUT2D eigenvalue weighted by atomic mass is 10.1. The van der Waals surface area contributed by atoms with Gasteiger partial charge < -0.3 is 10.2 Å². The largest absolute Gasteiger partial charge is 0.339 e. The number of aromatic nitrogens is 2. The first-order valence-electron chi connectivity index (χ1n) is 8.09. The van der Waals surface area contributed by atoms with Gasteiger partial charge in [-0.3, -0.25) is 14.3 Å². The van der Waals surface area contributed by atoms with Gasteiger partial charge in [0.1, 0.15) is 0 Å². The van der Waals surface area contributed by atoms with Crippen molar-refractivity contribution in [1.29, 1.82) is 0 Å². The molecule has 0 saturated carbocycles. The Morgan fingerprint density at radius 3 is 2.72 bits per heavy atom. The molecule has 2 amide bonds. The standard InChI is InChI=1S/C18H19ClN4O2/c1-22-12-13(11-20-22)4-7-17(24)21-16-6-5-14(19)10-15(16)18(25)23-8-2-3-9-23/h4-7,10-12H,2-3,8-9H2,1H3,(H,21,24)/b7-4+. The Balaban J connectivity index is 1.76. The maximum Gasteiger partial charge on any atom is 0.256 e. The minimum absolute atomic E-state index is 0.105. The average molecular weight is 359 g/mol. The SMILES string of the molecule is Cn1cc(/C=C/C(=O)Nc2ccc(Cl)cc2C(=O)N2CCCC2)cn1. The van der Waals surface area contributed by atoms with E-state index in [1.54, 1.807) is 53.3 Å². The highest BCUT2D eigenvalue weighted by Crippen LogP contribution is 2.24. The number of rotatable bonds is 4. The molecule has 0 spiro atoms. The molecule has 0 aliphatic carbocycles. The molecule has 1 fully saturated rings. The summed E-state index contributed by atoms with van der Waals surface area (Å²) in [5.41, 5.74) is 1.70. The number of aryl methyl sites for hydroxylation is 1. The van der Waals surface area contributed by atoms with Crippen LogP contribution in [0.4, 0.5) is 5.69 Å². The van der Waals surface area contributed by atoms with Crippen LogP contribution in [0.2, 0.25) is 5.02 Å². The summed E-state index contributed by atoms with van der Waals surface area (Å²) < 4.78 is 1.66. The first-order valence-corrected chi connectivity index (χ1v) is 8.47. The van der Waals surface area contributed by atoms with E-state index >= 15 is 0 Å². The zero-order valence-corrected chi connectivity index (χ0v) is 14.7. The fraction of sp³-hybridized carbons (Fsp3) is 0.278. The van der Waals surface area contributed by atoms with Crippen LogP contribution in [0, 0.1) is 0 Å². The van der Waals surface area contributed by atoms with Crippen molar-refractivity contribution in [3.63, 3.8) is 0 Å². The van der Waals surface area contributed by atoms with Crippen LogP contribution in [0.1, 0.15) is 28.8 Å². The topological polar surface area (TPSA) is 67.2 Å². The monoisotopic (exact) mass is 358 g/mol. The number of likely N-dealkylation sites (tertiary alicyclic amines) is 1. The summed E-state index contributed by atoms with van der Waals surface area (Å²) in [5.74, 6) is -0.423. The van der Waals surface area contributed by atoms with Gasteiger partial charge in [-0.15, -0.1) is 0 Å². The molecule has 1 saturated heterocycles. The fourth-order valence-corrected chi connectivity index (χ4v) is 2.94. The fourth-order valence-electron chi connectivity index (χ4n) is 2.77. The van der Waals surface area contributed by atoms with Gasteiger partial charge in [-0.25, -0.2) is 0 Å². The van der Waals surface area contributed by atoms with Crippen molar-refractivity contribution in [2.45, 2.75) is 12.8 Å². The number of amides is 2. The van der Waals surface area contributed by atoms with Gasteiger partial charge in [0.2, 0.25) is 5.91 Å². The number of benzene rings is 1. The summed E-state index contributed by atoms with van der Waals surface area (Å²) in [7, 11) is 1.81. The van der Waals surface area contributed by atoms with E-state index in [0.717, 1.165) is 31.5 Å². The van der Waals surface area contributed by atoms with Crippen LogP contribution in [-0.4, -0.2) is 39.6 Å². The Kier molecular flexibility index (Phi) is 5.19. The summed E-state index contributed by atoms with van der Waals surface area (Å²) in [6.07, 6.45) is 8.54. The van der Waals surface area contributed by atoms with Crippen LogP contribution in [0.3, 0.4) is 0 Å². The van der Waals surface area contributed by atoms with Crippen molar-refractivity contribution >= 4 is 35.2 Å². The predicted molar refractivity (Wildman–Crippen MR) is 97.5 cm³/mol. The van der Waals surface area contributed by atoms with Crippen LogP contribution < -0.4 is 5.32 Å². The van der Waals surface area contributed by atoms with Gasteiger partial charge in [-0.2, -0.15) is 5.10 Å². The van der Waals surface area contributed by atoms with Crippen LogP contribution in [0.25, 0.3) is 6.08 Å². The van der Waals surface area contributed by atoms with Gasteiger partial charge in [-0.05, 0) is 37.1 Å². The number of carbonyl (C=O) groups is 2. The molecule has 130 valence electrons. The van der Waals surface area contributed by atoms with Crippen molar-refractivity contribution in [3.8, 4) is 0 Å². The molecule has 0 atom stereocenters. The second-order valence-electron chi connectivity index (χ2n) is 5.96. The van der Waals surface area contributed by atoms with Crippen LogP contribution in [-0.2, 0) is 11.8 Å². The second kappa shape index (κ2) is 7.53. The molecular weight excluding hydrogens is 340 g/mol. The average Bonchev–Trinajstić information content (AvgIpc) is 3.25. The molecule has 0 bridgehead atoms. The molecule has 25 heavy (non-hydrogen) atoms. The molecule has 1 aromatic carbocycles. The number of anilines is 1. The summed E-state index contributed by atoms with van der Waals surface area (Å²) in [4.78, 5) is 26.6. The number of hydrogen-bond acceptors (Lipinski definition) is 3. The molecule has 7 heteroatoms. The molecule has 0 radical (unpaired) electrons. The van der Waals surface area contributed by atoms with Gasteiger partial charge in [0, 0.05) is 43.0 Å². The minimum Gasteiger partial charge on any atom is -0.339 e. The Morgan fingerprint density at radius 1 is 1.28 bits per heavy atom. The molecule has 6 nitrogen and oxygen atoms in total. The second-order valence-corrected chi connectivity index (χ2v) is 6.40. The first kappa shape index (κ1) is 17.2. The van der Waals surface area contributed by atoms with Gasteiger partial charge >= 0.3 is 0 Å². The number of hydrogen-bond donors (Lipinski definition) is 1. The predicted octanol–water partition coefficient (Wildman–Crippen LogP) is 2.96. The maximum atomic E-state index is 12.7. The van der Waals surface area contributed by atoms with Crippen LogP contribution in [0.15, 0.2) is 36.7 Å².